The fourth-order valence-corrected chi connectivity index (χ4v) is 3.65. The number of hydrogen-bond donors (Lipinski definition) is 1. The average molecular weight is 437 g/mol. The van der Waals surface area contributed by atoms with Crippen LogP contribution in [0.25, 0.3) is 0 Å². The molecule has 0 aliphatic rings. The second kappa shape index (κ2) is 7.99. The van der Waals surface area contributed by atoms with Gasteiger partial charge in [-0.2, -0.15) is 0 Å². The van der Waals surface area contributed by atoms with Crippen molar-refractivity contribution < 1.29 is 4.79 Å². The molecule has 4 nitrogen and oxygen atoms in total. The minimum absolute atomic E-state index is 0.0790. The first-order valence-electron chi connectivity index (χ1n) is 7.50. The fourth-order valence-electron chi connectivity index (χ4n) is 2.22. The minimum atomic E-state index is -0.0790. The molecule has 3 aromatic rings. The Kier molecular flexibility index (Phi) is 5.73. The highest BCUT2D eigenvalue weighted by molar-refractivity contribution is 9.10. The molecule has 0 bridgehead atoms. The third kappa shape index (κ3) is 4.81. The molecule has 0 aliphatic carbocycles. The van der Waals surface area contributed by atoms with Gasteiger partial charge in [0.2, 0.25) is 5.91 Å². The minimum Gasteiger partial charge on any atom is -0.326 e. The van der Waals surface area contributed by atoms with Gasteiger partial charge in [-0.1, -0.05) is 33.6 Å². The summed E-state index contributed by atoms with van der Waals surface area (Å²) in [5.41, 5.74) is 2.50. The highest BCUT2D eigenvalue weighted by Gasteiger charge is 2.09. The lowest BCUT2D eigenvalue weighted by Gasteiger charge is -2.06. The number of anilines is 1. The molecule has 25 heavy (non-hydrogen) atoms. The van der Waals surface area contributed by atoms with Crippen molar-refractivity contribution >= 4 is 56.1 Å². The third-order valence-corrected chi connectivity index (χ3v) is 5.23. The van der Waals surface area contributed by atoms with E-state index in [1.165, 1.54) is 11.3 Å². The summed E-state index contributed by atoms with van der Waals surface area (Å²) in [6.45, 7) is 0. The first-order chi connectivity index (χ1) is 12.0. The second-order valence-electron chi connectivity index (χ2n) is 5.39. The lowest BCUT2D eigenvalue weighted by Crippen LogP contribution is -2.19. The number of nitrogens with one attached hydrogen (secondary N) is 1. The first kappa shape index (κ1) is 17.9. The Balaban J connectivity index is 1.74. The molecule has 0 saturated heterocycles. The maximum absolute atomic E-state index is 12.2. The zero-order chi connectivity index (χ0) is 17.8. The number of thiazole rings is 1. The molecular formula is C18H15BrClN3OS. The average Bonchev–Trinajstić information content (AvgIpc) is 2.90. The molecule has 1 N–H and O–H groups in total. The van der Waals surface area contributed by atoms with Crippen LogP contribution in [0.3, 0.4) is 0 Å². The normalized spacial score (nSPS) is 11.6. The van der Waals surface area contributed by atoms with Gasteiger partial charge in [-0.15, -0.1) is 11.3 Å². The molecule has 1 heterocycles. The molecule has 0 saturated carbocycles. The van der Waals surface area contributed by atoms with Gasteiger partial charge < -0.3 is 9.88 Å². The molecule has 0 spiro atoms. The van der Waals surface area contributed by atoms with Crippen LogP contribution < -0.4 is 10.1 Å². The second-order valence-corrected chi connectivity index (χ2v) is 7.58. The number of nitrogens with zero attached hydrogens (tertiary/aromatic N) is 2. The first-order valence-corrected chi connectivity index (χ1v) is 9.55. The quantitative estimate of drug-likeness (QED) is 0.620. The summed E-state index contributed by atoms with van der Waals surface area (Å²) in [6.07, 6.45) is 0.281. The van der Waals surface area contributed by atoms with Gasteiger partial charge in [0.15, 0.2) is 4.80 Å². The number of hydrogen-bond acceptors (Lipinski definition) is 3. The predicted molar refractivity (Wildman–Crippen MR) is 106 cm³/mol. The van der Waals surface area contributed by atoms with Crippen LogP contribution in [-0.2, 0) is 18.3 Å². The molecule has 0 aliphatic heterocycles. The summed E-state index contributed by atoms with van der Waals surface area (Å²) in [4.78, 5) is 17.7. The Hall–Kier alpha value is -1.89. The van der Waals surface area contributed by atoms with E-state index in [1.54, 1.807) is 24.3 Å². The van der Waals surface area contributed by atoms with E-state index in [1.807, 2.05) is 41.3 Å². The van der Waals surface area contributed by atoms with Gasteiger partial charge in [0, 0.05) is 33.3 Å². The molecule has 2 aromatic carbocycles. The molecule has 1 amide bonds. The molecule has 0 atom stereocenters. The van der Waals surface area contributed by atoms with E-state index in [0.29, 0.717) is 5.02 Å². The summed E-state index contributed by atoms with van der Waals surface area (Å²) >= 11 is 10.8. The molecule has 128 valence electrons. The summed E-state index contributed by atoms with van der Waals surface area (Å²) in [5, 5.41) is 5.46. The van der Waals surface area contributed by atoms with Crippen LogP contribution in [0.15, 0.2) is 63.4 Å². The van der Waals surface area contributed by atoms with Crippen molar-refractivity contribution in [1.82, 2.24) is 4.57 Å². The highest BCUT2D eigenvalue weighted by atomic mass is 79.9. The standard InChI is InChI=1S/C18H15BrClN3OS/c1-23-16(10-17(24)21-14-7-5-13(20)6-8-14)11-25-18(23)22-15-4-2-3-12(19)9-15/h2-9,11H,10H2,1H3,(H,21,24). The Morgan fingerprint density at radius 1 is 1.28 bits per heavy atom. The van der Waals surface area contributed by atoms with E-state index in [4.69, 9.17) is 11.6 Å². The van der Waals surface area contributed by atoms with Crippen molar-refractivity contribution in [3.63, 3.8) is 0 Å². The molecule has 0 fully saturated rings. The lowest BCUT2D eigenvalue weighted by atomic mass is 10.3. The van der Waals surface area contributed by atoms with Crippen LogP contribution in [0.2, 0.25) is 5.02 Å². The zero-order valence-electron chi connectivity index (χ0n) is 13.4. The topological polar surface area (TPSA) is 46.4 Å². The van der Waals surface area contributed by atoms with Gasteiger partial charge in [-0.25, -0.2) is 4.99 Å². The number of rotatable bonds is 4. The van der Waals surface area contributed by atoms with Gasteiger partial charge in [-0.3, -0.25) is 4.79 Å². The summed E-state index contributed by atoms with van der Waals surface area (Å²) < 4.78 is 2.92. The smallest absolute Gasteiger partial charge is 0.230 e. The summed E-state index contributed by atoms with van der Waals surface area (Å²) in [7, 11) is 1.91. The Morgan fingerprint density at radius 2 is 2.04 bits per heavy atom. The predicted octanol–water partition coefficient (Wildman–Crippen LogP) is 4.92. The van der Waals surface area contributed by atoms with E-state index in [2.05, 4.69) is 26.2 Å². The molecule has 3 rings (SSSR count). The van der Waals surface area contributed by atoms with Crippen molar-refractivity contribution in [1.29, 1.82) is 0 Å². The van der Waals surface area contributed by atoms with Gasteiger partial charge >= 0.3 is 0 Å². The number of aromatic nitrogens is 1. The number of benzene rings is 2. The largest absolute Gasteiger partial charge is 0.326 e. The molecule has 7 heteroatoms. The van der Waals surface area contributed by atoms with E-state index < -0.39 is 0 Å². The maximum Gasteiger partial charge on any atom is 0.230 e. The van der Waals surface area contributed by atoms with Crippen molar-refractivity contribution in [2.24, 2.45) is 12.0 Å². The number of halogens is 2. The molecule has 0 radical (unpaired) electrons. The van der Waals surface area contributed by atoms with Gasteiger partial charge in [0.1, 0.15) is 0 Å². The van der Waals surface area contributed by atoms with Crippen molar-refractivity contribution in [3.05, 3.63) is 73.9 Å². The number of carbonyl (C=O) groups is 1. The van der Waals surface area contributed by atoms with Crippen molar-refractivity contribution in [2.45, 2.75) is 6.42 Å². The molecular weight excluding hydrogens is 422 g/mol. The van der Waals surface area contributed by atoms with E-state index >= 15 is 0 Å². The Morgan fingerprint density at radius 3 is 2.76 bits per heavy atom. The van der Waals surface area contributed by atoms with E-state index in [-0.39, 0.29) is 12.3 Å². The Labute approximate surface area is 162 Å². The SMILES string of the molecule is Cn1c(CC(=O)Nc2ccc(Cl)cc2)csc1=Nc1cccc(Br)c1. The number of carbonyl (C=O) groups excluding carboxylic acids is 1. The van der Waals surface area contributed by atoms with Gasteiger partial charge in [0.25, 0.3) is 0 Å². The molecule has 0 unspecified atom stereocenters. The van der Waals surface area contributed by atoms with E-state index in [9.17, 15) is 4.79 Å². The summed E-state index contributed by atoms with van der Waals surface area (Å²) in [6, 6.07) is 14.8. The van der Waals surface area contributed by atoms with Gasteiger partial charge in [0.05, 0.1) is 12.1 Å². The maximum atomic E-state index is 12.2. The molecule has 1 aromatic heterocycles. The highest BCUT2D eigenvalue weighted by Crippen LogP contribution is 2.18. The van der Waals surface area contributed by atoms with Crippen molar-refractivity contribution in [3.8, 4) is 0 Å². The Bertz CT molecular complexity index is 963. The van der Waals surface area contributed by atoms with Crippen LogP contribution in [0.1, 0.15) is 5.69 Å². The van der Waals surface area contributed by atoms with Crippen LogP contribution in [0, 0.1) is 0 Å². The van der Waals surface area contributed by atoms with Crippen LogP contribution in [0.4, 0.5) is 11.4 Å². The lowest BCUT2D eigenvalue weighted by molar-refractivity contribution is -0.115. The van der Waals surface area contributed by atoms with Crippen LogP contribution >= 0.6 is 38.9 Å². The van der Waals surface area contributed by atoms with Crippen LogP contribution in [0.5, 0.6) is 0 Å². The van der Waals surface area contributed by atoms with E-state index in [0.717, 1.165) is 26.3 Å². The fraction of sp³-hybridized carbons (Fsp3) is 0.111. The summed E-state index contributed by atoms with van der Waals surface area (Å²) in [5.74, 6) is -0.0790. The number of amides is 1. The monoisotopic (exact) mass is 435 g/mol. The van der Waals surface area contributed by atoms with Gasteiger partial charge in [-0.05, 0) is 42.5 Å². The van der Waals surface area contributed by atoms with Crippen LogP contribution in [-0.4, -0.2) is 10.5 Å². The third-order valence-electron chi connectivity index (χ3n) is 3.52. The van der Waals surface area contributed by atoms with Crippen molar-refractivity contribution in [2.75, 3.05) is 5.32 Å². The zero-order valence-corrected chi connectivity index (χ0v) is 16.5.